The molecule has 0 aromatic heterocycles. The molecule has 1 aliphatic carbocycles. The molecule has 2 unspecified atom stereocenters. The van der Waals surface area contributed by atoms with Gasteiger partial charge >= 0.3 is 0 Å². The molecule has 0 saturated heterocycles. The van der Waals surface area contributed by atoms with E-state index in [1.807, 2.05) is 13.2 Å². The molecule has 0 spiro atoms. The molecule has 460 valence electrons. The molecule has 28 heteroatoms. The van der Waals surface area contributed by atoms with Crippen LogP contribution >= 0.6 is 18.0 Å². The van der Waals surface area contributed by atoms with E-state index in [9.17, 15) is 38.1 Å². The molecule has 0 aromatic carbocycles. The monoisotopic (exact) mass is 1170 g/mol. The largest absolute Gasteiger partial charge is 0.377 e. The van der Waals surface area contributed by atoms with E-state index in [0.717, 1.165) is 6.42 Å². The third kappa shape index (κ3) is 41.1. The Morgan fingerprint density at radius 2 is 0.911 bits per heavy atom. The van der Waals surface area contributed by atoms with Gasteiger partial charge in [0.15, 0.2) is 0 Å². The van der Waals surface area contributed by atoms with Crippen LogP contribution in [0.15, 0.2) is 0 Å². The first-order valence-corrected chi connectivity index (χ1v) is 32.1. The van der Waals surface area contributed by atoms with Gasteiger partial charge in [-0.05, 0) is 96.1 Å². The zero-order chi connectivity index (χ0) is 58.0. The number of rotatable bonds is 53. The summed E-state index contributed by atoms with van der Waals surface area (Å²) in [6.45, 7) is 3.91. The van der Waals surface area contributed by atoms with Crippen LogP contribution in [0.1, 0.15) is 135 Å². The molecule has 79 heavy (non-hydrogen) atoms. The molecular weight excluding hydrogens is 1070 g/mol. The highest BCUT2D eigenvalue weighted by Gasteiger charge is 2.32. The van der Waals surface area contributed by atoms with Gasteiger partial charge in [0.05, 0.1) is 84.7 Å². The lowest BCUT2D eigenvalue weighted by molar-refractivity contribution is -0.132. The van der Waals surface area contributed by atoms with Gasteiger partial charge in [-0.3, -0.25) is 43.0 Å². The van der Waals surface area contributed by atoms with E-state index in [2.05, 4.69) is 51.7 Å². The molecule has 1 rings (SSSR count). The van der Waals surface area contributed by atoms with Gasteiger partial charge in [0.2, 0.25) is 41.4 Å². The smallest absolute Gasteiger partial charge is 0.257 e. The van der Waals surface area contributed by atoms with Crippen LogP contribution in [-0.2, 0) is 71.4 Å². The van der Waals surface area contributed by atoms with Crippen molar-refractivity contribution in [1.82, 2.24) is 42.1 Å². The minimum absolute atomic E-state index is 0.0525. The van der Waals surface area contributed by atoms with E-state index >= 15 is 0 Å². The molecule has 0 bridgehead atoms. The van der Waals surface area contributed by atoms with Crippen LogP contribution in [0.2, 0.25) is 0 Å². The minimum Gasteiger partial charge on any atom is -0.377 e. The van der Waals surface area contributed by atoms with E-state index in [1.165, 1.54) is 11.4 Å². The highest BCUT2D eigenvalue weighted by Crippen LogP contribution is 2.60. The van der Waals surface area contributed by atoms with E-state index in [0.29, 0.717) is 207 Å². The molecule has 2 atom stereocenters. The second kappa shape index (κ2) is 50.2. The van der Waals surface area contributed by atoms with Gasteiger partial charge in [0.25, 0.3) is 6.57 Å². The number of ether oxygens (including phenoxy) is 3. The van der Waals surface area contributed by atoms with Crippen molar-refractivity contribution in [3.8, 4) is 0 Å². The van der Waals surface area contributed by atoms with Gasteiger partial charge in [-0.2, -0.15) is 0 Å². The first-order valence-electron chi connectivity index (χ1n) is 28.5. The Hall–Kier alpha value is -3.57. The molecule has 1 fully saturated rings. The van der Waals surface area contributed by atoms with Crippen molar-refractivity contribution in [2.75, 3.05) is 131 Å². The lowest BCUT2D eigenvalue weighted by Gasteiger charge is -2.30. The van der Waals surface area contributed by atoms with Crippen molar-refractivity contribution in [1.29, 1.82) is 0 Å². The van der Waals surface area contributed by atoms with E-state index in [4.69, 9.17) is 36.4 Å². The highest BCUT2D eigenvalue weighted by molar-refractivity contribution is 8.56. The highest BCUT2D eigenvalue weighted by atomic mass is 32.7. The quantitative estimate of drug-likeness (QED) is 0.0235. The molecule has 0 radical (unpaired) electrons. The summed E-state index contributed by atoms with van der Waals surface area (Å²) in [6, 6.07) is -0.882. The summed E-state index contributed by atoms with van der Waals surface area (Å²) in [4.78, 5) is 106. The first kappa shape index (κ1) is 73.4. The van der Waals surface area contributed by atoms with Gasteiger partial charge in [0, 0.05) is 77.2 Å². The summed E-state index contributed by atoms with van der Waals surface area (Å²) < 4.78 is 35.0. The van der Waals surface area contributed by atoms with Crippen molar-refractivity contribution in [2.45, 2.75) is 147 Å². The molecule has 13 N–H and O–H groups in total. The third-order valence-corrected chi connectivity index (χ3v) is 17.3. The van der Waals surface area contributed by atoms with Crippen molar-refractivity contribution < 1.29 is 71.4 Å². The SMILES string of the molecule is CCCP(=O)(OC1CCC(C(=O)NCCCCC(C(=O)NCCCCCC(=O)NCCOCCON)N(CC(=O)NCCCCCC(=O)NCCOCCON)CC(=O)NCCCCCC(=O)NCCOCCON)CC1)SC. The molecule has 0 aromatic rings. The summed E-state index contributed by atoms with van der Waals surface area (Å²) in [6.07, 6.45) is 13.5. The van der Waals surface area contributed by atoms with Gasteiger partial charge in [-0.25, -0.2) is 17.7 Å². The average Bonchev–Trinajstić information content (AvgIpc) is 3.43. The fraction of sp³-hybridized carbons (Fsp3) is 0.863. The Kier molecular flexibility index (Phi) is 46.7. The number of hydrogen-bond donors (Lipinski definition) is 10. The normalized spacial score (nSPS) is 15.4. The average molecular weight is 1170 g/mol. The first-order chi connectivity index (χ1) is 38.3. The number of carbonyl (C=O) groups excluding carboxylic acids is 7. The lowest BCUT2D eigenvalue weighted by atomic mass is 9.87. The van der Waals surface area contributed by atoms with E-state index in [-0.39, 0.29) is 92.7 Å². The maximum atomic E-state index is 14.2. The van der Waals surface area contributed by atoms with Gasteiger partial charge in [-0.1, -0.05) is 37.6 Å². The third-order valence-electron chi connectivity index (χ3n) is 12.7. The topological polar surface area (TPSA) is 367 Å². The minimum atomic E-state index is -2.75. The molecule has 1 saturated carbocycles. The zero-order valence-corrected chi connectivity index (χ0v) is 49.2. The number of unbranched alkanes of at least 4 members (excludes halogenated alkanes) is 7. The maximum Gasteiger partial charge on any atom is 0.257 e. The van der Waals surface area contributed by atoms with Crippen molar-refractivity contribution in [3.05, 3.63) is 0 Å². The fourth-order valence-electron chi connectivity index (χ4n) is 8.40. The Labute approximate surface area is 473 Å². The standard InChI is InChI=1S/C51H100N11O15PS/c1-3-39-78(70,79-2)77-43-21-19-42(20-22-43)50(68)60-26-14-10-15-44(51(69)61-25-13-6-9-18-47(65)59-29-32-73-35-38-76-54)62(40-48(66)55-23-11-4-7-16-45(63)57-27-30-71-33-36-74-52)41-49(67)56-24-12-5-8-17-46(64)58-28-31-72-34-37-75-53/h42-44H,3-41,52-54H2,1-2H3,(H,55,66)(H,56,67)(H,57,63)(H,58,64)(H,59,65)(H,60,68)(H,61,69). The van der Waals surface area contributed by atoms with Crippen LogP contribution in [-0.4, -0.2) is 189 Å². The van der Waals surface area contributed by atoms with Crippen LogP contribution in [0.3, 0.4) is 0 Å². The molecular formula is C51H100N11O15PS. The predicted octanol–water partition coefficient (Wildman–Crippen LogP) is 1.58. The van der Waals surface area contributed by atoms with Crippen molar-refractivity contribution in [3.63, 3.8) is 0 Å². The number of carbonyl (C=O) groups is 7. The van der Waals surface area contributed by atoms with Crippen LogP contribution in [0, 0.1) is 5.92 Å². The second-order valence-electron chi connectivity index (χ2n) is 19.2. The van der Waals surface area contributed by atoms with E-state index < -0.39 is 12.6 Å². The number of nitrogens with zero attached hydrogens (tertiary/aromatic N) is 1. The van der Waals surface area contributed by atoms with E-state index in [1.54, 1.807) is 4.90 Å². The molecule has 7 amide bonds. The second-order valence-corrected chi connectivity index (χ2v) is 24.2. The van der Waals surface area contributed by atoms with Crippen LogP contribution in [0.25, 0.3) is 0 Å². The summed E-state index contributed by atoms with van der Waals surface area (Å²) in [5.41, 5.74) is 0. The Morgan fingerprint density at radius 3 is 1.33 bits per heavy atom. The van der Waals surface area contributed by atoms with Crippen LogP contribution in [0.5, 0.6) is 0 Å². The lowest BCUT2D eigenvalue weighted by Crippen LogP contribution is -2.53. The molecule has 0 aliphatic heterocycles. The van der Waals surface area contributed by atoms with Crippen LogP contribution in [0.4, 0.5) is 0 Å². The van der Waals surface area contributed by atoms with Crippen molar-refractivity contribution >= 4 is 59.3 Å². The maximum absolute atomic E-state index is 14.2. The summed E-state index contributed by atoms with van der Waals surface area (Å²) in [5, 5.41) is 20.3. The van der Waals surface area contributed by atoms with Crippen LogP contribution < -0.4 is 54.9 Å². The van der Waals surface area contributed by atoms with Gasteiger partial charge < -0.3 is 70.5 Å². The number of nitrogens with two attached hydrogens (primary N) is 3. The molecule has 26 nitrogen and oxygen atoms in total. The summed E-state index contributed by atoms with van der Waals surface area (Å²) >= 11 is 1.29. The van der Waals surface area contributed by atoms with Gasteiger partial charge in [-0.15, -0.1) is 0 Å². The fourth-order valence-corrected chi connectivity index (χ4v) is 11.7. The van der Waals surface area contributed by atoms with Crippen molar-refractivity contribution in [2.24, 2.45) is 23.6 Å². The number of amides is 7. The zero-order valence-electron chi connectivity index (χ0n) is 47.5. The van der Waals surface area contributed by atoms with Gasteiger partial charge in [0.1, 0.15) is 0 Å². The predicted molar refractivity (Wildman–Crippen MR) is 302 cm³/mol. The Bertz CT molecular complexity index is 1640. The number of nitrogens with one attached hydrogen (secondary N) is 7. The molecule has 1 aliphatic rings. The Balaban J connectivity index is 2.98. The number of hydrogen-bond acceptors (Lipinski definition) is 20. The summed E-state index contributed by atoms with van der Waals surface area (Å²) in [5.74, 6) is 13.3. The Morgan fingerprint density at radius 1 is 0.506 bits per heavy atom. The molecule has 0 heterocycles. The summed E-state index contributed by atoms with van der Waals surface area (Å²) in [7, 11) is 0.